The molecule has 0 aliphatic carbocycles. The highest BCUT2D eigenvalue weighted by Gasteiger charge is 2.14. The largest absolute Gasteiger partial charge is 0.496 e. The summed E-state index contributed by atoms with van der Waals surface area (Å²) < 4.78 is 10.2. The van der Waals surface area contributed by atoms with E-state index in [0.717, 1.165) is 12.0 Å². The van der Waals surface area contributed by atoms with Gasteiger partial charge in [-0.1, -0.05) is 12.1 Å². The summed E-state index contributed by atoms with van der Waals surface area (Å²) >= 11 is 0. The number of benzene rings is 1. The topological polar surface area (TPSA) is 51.5 Å². The van der Waals surface area contributed by atoms with Crippen LogP contribution in [0.3, 0.4) is 0 Å². The maximum atomic E-state index is 12.1. The summed E-state index contributed by atoms with van der Waals surface area (Å²) in [5.74, 6) is 0.448. The minimum atomic E-state index is -0.131. The molecule has 1 N–H and O–H groups in total. The second-order valence-corrected chi connectivity index (χ2v) is 4.41. The van der Waals surface area contributed by atoms with Gasteiger partial charge in [-0.3, -0.25) is 4.79 Å². The molecule has 0 aliphatic heterocycles. The number of amides is 1. The van der Waals surface area contributed by atoms with Crippen molar-refractivity contribution < 1.29 is 13.9 Å². The van der Waals surface area contributed by atoms with Crippen molar-refractivity contribution in [2.24, 2.45) is 0 Å². The van der Waals surface area contributed by atoms with Crippen LogP contribution in [0.1, 0.15) is 22.8 Å². The van der Waals surface area contributed by atoms with E-state index in [1.807, 2.05) is 25.1 Å². The van der Waals surface area contributed by atoms with E-state index in [0.29, 0.717) is 11.3 Å². The molecule has 0 spiro atoms. The highest BCUT2D eigenvalue weighted by molar-refractivity contribution is 5.97. The number of para-hydroxylation sites is 1. The molecule has 0 radical (unpaired) electrons. The molecule has 0 fully saturated rings. The highest BCUT2D eigenvalue weighted by atomic mass is 16.5. The van der Waals surface area contributed by atoms with Crippen LogP contribution in [0.15, 0.2) is 47.3 Å². The Morgan fingerprint density at radius 3 is 2.84 bits per heavy atom. The van der Waals surface area contributed by atoms with Crippen LogP contribution in [0, 0.1) is 0 Å². The van der Waals surface area contributed by atoms with Crippen LogP contribution < -0.4 is 10.1 Å². The lowest BCUT2D eigenvalue weighted by atomic mass is 10.1. The number of carbonyl (C=O) groups is 1. The molecular formula is C15H17NO3. The molecule has 100 valence electrons. The van der Waals surface area contributed by atoms with Gasteiger partial charge in [0.05, 0.1) is 25.2 Å². The Kier molecular flexibility index (Phi) is 4.23. The summed E-state index contributed by atoms with van der Waals surface area (Å²) in [5.41, 5.74) is 1.61. The lowest BCUT2D eigenvalue weighted by molar-refractivity contribution is 0.0937. The summed E-state index contributed by atoms with van der Waals surface area (Å²) in [5, 5.41) is 2.95. The number of nitrogens with one attached hydrogen (secondary N) is 1. The van der Waals surface area contributed by atoms with Crippen molar-refractivity contribution in [3.8, 4) is 5.75 Å². The highest BCUT2D eigenvalue weighted by Crippen LogP contribution is 2.17. The van der Waals surface area contributed by atoms with Crippen molar-refractivity contribution in [1.29, 1.82) is 0 Å². The van der Waals surface area contributed by atoms with Gasteiger partial charge in [-0.25, -0.2) is 0 Å². The molecule has 0 saturated carbocycles. The van der Waals surface area contributed by atoms with Crippen molar-refractivity contribution in [3.63, 3.8) is 0 Å². The van der Waals surface area contributed by atoms with Crippen LogP contribution in [-0.4, -0.2) is 19.1 Å². The predicted octanol–water partition coefficient (Wildman–Crippen LogP) is 2.65. The fourth-order valence-corrected chi connectivity index (χ4v) is 1.95. The fourth-order valence-electron chi connectivity index (χ4n) is 1.95. The molecule has 2 rings (SSSR count). The Hall–Kier alpha value is -2.23. The zero-order chi connectivity index (χ0) is 13.7. The molecule has 0 saturated heterocycles. The number of furan rings is 1. The summed E-state index contributed by atoms with van der Waals surface area (Å²) in [6.45, 7) is 1.96. The Labute approximate surface area is 112 Å². The maximum Gasteiger partial charge on any atom is 0.255 e. The van der Waals surface area contributed by atoms with Crippen LogP contribution in [0.25, 0.3) is 0 Å². The summed E-state index contributed by atoms with van der Waals surface area (Å²) in [6, 6.07) is 9.10. The van der Waals surface area contributed by atoms with Gasteiger partial charge in [-0.2, -0.15) is 0 Å². The van der Waals surface area contributed by atoms with Crippen LogP contribution in [-0.2, 0) is 6.42 Å². The van der Waals surface area contributed by atoms with Crippen molar-refractivity contribution in [2.45, 2.75) is 19.4 Å². The van der Waals surface area contributed by atoms with Crippen molar-refractivity contribution >= 4 is 5.91 Å². The molecule has 0 bridgehead atoms. The summed E-state index contributed by atoms with van der Waals surface area (Å²) in [4.78, 5) is 12.1. The number of ether oxygens (including phenoxy) is 1. The standard InChI is InChI=1S/C15H17NO3/c1-11(9-12-7-8-19-10-12)16-15(17)13-5-3-4-6-14(13)18-2/h3-8,10-11H,9H2,1-2H3,(H,16,17)/t11-/m0/s1. The predicted molar refractivity (Wildman–Crippen MR) is 72.3 cm³/mol. The molecule has 4 nitrogen and oxygen atoms in total. The van der Waals surface area contributed by atoms with E-state index < -0.39 is 0 Å². The molecule has 1 atom stereocenters. The summed E-state index contributed by atoms with van der Waals surface area (Å²) in [6.07, 6.45) is 4.05. The first-order chi connectivity index (χ1) is 9.20. The lowest BCUT2D eigenvalue weighted by Crippen LogP contribution is -2.34. The smallest absolute Gasteiger partial charge is 0.255 e. The Morgan fingerprint density at radius 2 is 2.16 bits per heavy atom. The normalized spacial score (nSPS) is 11.9. The number of hydrogen-bond acceptors (Lipinski definition) is 3. The van der Waals surface area contributed by atoms with Crippen molar-refractivity contribution in [1.82, 2.24) is 5.32 Å². The van der Waals surface area contributed by atoms with Crippen LogP contribution in [0.4, 0.5) is 0 Å². The van der Waals surface area contributed by atoms with Crippen LogP contribution >= 0.6 is 0 Å². The third kappa shape index (κ3) is 3.37. The minimum Gasteiger partial charge on any atom is -0.496 e. The Bertz CT molecular complexity index is 534. The van der Waals surface area contributed by atoms with E-state index in [1.165, 1.54) is 0 Å². The zero-order valence-corrected chi connectivity index (χ0v) is 11.1. The monoisotopic (exact) mass is 259 g/mol. The number of carbonyl (C=O) groups excluding carboxylic acids is 1. The molecule has 1 heterocycles. The quantitative estimate of drug-likeness (QED) is 0.898. The molecular weight excluding hydrogens is 242 g/mol. The van der Waals surface area contributed by atoms with E-state index >= 15 is 0 Å². The first-order valence-electron chi connectivity index (χ1n) is 6.15. The van der Waals surface area contributed by atoms with E-state index in [4.69, 9.17) is 9.15 Å². The van der Waals surface area contributed by atoms with Crippen LogP contribution in [0.5, 0.6) is 5.75 Å². The van der Waals surface area contributed by atoms with E-state index in [-0.39, 0.29) is 11.9 Å². The molecule has 0 aliphatic rings. The maximum absolute atomic E-state index is 12.1. The van der Waals surface area contributed by atoms with Gasteiger partial charge in [0, 0.05) is 6.04 Å². The molecule has 1 aromatic heterocycles. The first kappa shape index (κ1) is 13.2. The Morgan fingerprint density at radius 1 is 1.37 bits per heavy atom. The van der Waals surface area contributed by atoms with Crippen molar-refractivity contribution in [2.75, 3.05) is 7.11 Å². The van der Waals surface area contributed by atoms with Gasteiger partial charge >= 0.3 is 0 Å². The van der Waals surface area contributed by atoms with E-state index in [2.05, 4.69) is 5.32 Å². The van der Waals surface area contributed by atoms with Crippen molar-refractivity contribution in [3.05, 3.63) is 54.0 Å². The third-order valence-corrected chi connectivity index (χ3v) is 2.85. The molecule has 1 aromatic carbocycles. The summed E-state index contributed by atoms with van der Waals surface area (Å²) in [7, 11) is 1.56. The molecule has 2 aromatic rings. The first-order valence-corrected chi connectivity index (χ1v) is 6.15. The number of rotatable bonds is 5. The van der Waals surface area contributed by atoms with Crippen LogP contribution in [0.2, 0.25) is 0 Å². The fraction of sp³-hybridized carbons (Fsp3) is 0.267. The SMILES string of the molecule is COc1ccccc1C(=O)N[C@@H](C)Cc1ccoc1. The number of hydrogen-bond donors (Lipinski definition) is 1. The lowest BCUT2D eigenvalue weighted by Gasteiger charge is -2.14. The molecule has 1 amide bonds. The average Bonchev–Trinajstić information content (AvgIpc) is 2.91. The van der Waals surface area contributed by atoms with Gasteiger partial charge in [0.15, 0.2) is 0 Å². The molecule has 4 heteroatoms. The molecule has 19 heavy (non-hydrogen) atoms. The third-order valence-electron chi connectivity index (χ3n) is 2.85. The number of methoxy groups -OCH3 is 1. The van der Waals surface area contributed by atoms with E-state index in [1.54, 1.807) is 31.8 Å². The van der Waals surface area contributed by atoms with Gasteiger partial charge in [-0.05, 0) is 37.1 Å². The van der Waals surface area contributed by atoms with Gasteiger partial charge < -0.3 is 14.5 Å². The Balaban J connectivity index is 2.00. The van der Waals surface area contributed by atoms with Gasteiger partial charge in [0.25, 0.3) is 5.91 Å². The average molecular weight is 259 g/mol. The van der Waals surface area contributed by atoms with Gasteiger partial charge in [-0.15, -0.1) is 0 Å². The van der Waals surface area contributed by atoms with E-state index in [9.17, 15) is 4.79 Å². The molecule has 0 unspecified atom stereocenters. The second-order valence-electron chi connectivity index (χ2n) is 4.41. The minimum absolute atomic E-state index is 0.0232. The zero-order valence-electron chi connectivity index (χ0n) is 11.1. The van der Waals surface area contributed by atoms with Gasteiger partial charge in [0.1, 0.15) is 5.75 Å². The second kappa shape index (κ2) is 6.09. The van der Waals surface area contributed by atoms with Gasteiger partial charge in [0.2, 0.25) is 0 Å².